The van der Waals surface area contributed by atoms with E-state index in [4.69, 9.17) is 4.74 Å². The number of esters is 1. The van der Waals surface area contributed by atoms with Crippen LogP contribution in [0, 0.1) is 0 Å². The van der Waals surface area contributed by atoms with Crippen molar-refractivity contribution in [2.24, 2.45) is 0 Å². The summed E-state index contributed by atoms with van der Waals surface area (Å²) in [6.07, 6.45) is 2.89. The fourth-order valence-electron chi connectivity index (χ4n) is 0.807. The fraction of sp³-hybridized carbons (Fsp3) is 0.556. The van der Waals surface area contributed by atoms with Crippen molar-refractivity contribution in [1.29, 1.82) is 0 Å². The van der Waals surface area contributed by atoms with Gasteiger partial charge in [0.1, 0.15) is 6.29 Å². The number of nitrogens with one attached hydrogen (secondary N) is 1. The molecule has 0 unspecified atom stereocenters. The van der Waals surface area contributed by atoms with Gasteiger partial charge in [-0.2, -0.15) is 0 Å². The van der Waals surface area contributed by atoms with Crippen molar-refractivity contribution in [1.82, 2.24) is 5.32 Å². The quantitative estimate of drug-likeness (QED) is 0.210. The predicted molar refractivity (Wildman–Crippen MR) is 50.4 cm³/mol. The number of ether oxygens (including phenoxy) is 2. The molecule has 0 atom stereocenters. The highest BCUT2D eigenvalue weighted by molar-refractivity contribution is 5.69. The molecule has 1 N–H and O–H groups in total. The Morgan fingerprint density at radius 2 is 2.07 bits per heavy atom. The lowest BCUT2D eigenvalue weighted by Crippen LogP contribution is -2.17. The fourth-order valence-corrected chi connectivity index (χ4v) is 0.807. The molecule has 0 aromatic heterocycles. The molecular weight excluding hydrogens is 186 g/mol. The first kappa shape index (κ1) is 12.5. The smallest absolute Gasteiger partial charge is 0.305 e. The summed E-state index contributed by atoms with van der Waals surface area (Å²) in [4.78, 5) is 20.8. The molecule has 0 aliphatic rings. The zero-order valence-corrected chi connectivity index (χ0v) is 8.41. The number of rotatable bonds is 7. The van der Waals surface area contributed by atoms with Gasteiger partial charge in [0.05, 0.1) is 14.2 Å². The van der Waals surface area contributed by atoms with Gasteiger partial charge in [-0.1, -0.05) is 0 Å². The van der Waals surface area contributed by atoms with Crippen molar-refractivity contribution in [2.45, 2.75) is 12.8 Å². The lowest BCUT2D eigenvalue weighted by molar-refractivity contribution is -0.140. The first-order valence-electron chi connectivity index (χ1n) is 4.24. The summed E-state index contributed by atoms with van der Waals surface area (Å²) in [5, 5.41) is 2.85. The van der Waals surface area contributed by atoms with E-state index in [1.807, 2.05) is 0 Å². The molecule has 0 rings (SSSR count). The molecule has 0 spiro atoms. The summed E-state index contributed by atoms with van der Waals surface area (Å²) in [6.45, 7) is 0.558. The van der Waals surface area contributed by atoms with Crippen molar-refractivity contribution in [2.75, 3.05) is 20.8 Å². The molecule has 0 fully saturated rings. The van der Waals surface area contributed by atoms with Crippen LogP contribution in [-0.2, 0) is 19.1 Å². The van der Waals surface area contributed by atoms with E-state index in [9.17, 15) is 9.59 Å². The van der Waals surface area contributed by atoms with Gasteiger partial charge >= 0.3 is 5.97 Å². The molecule has 0 amide bonds. The minimum atomic E-state index is -0.245. The molecule has 5 nitrogen and oxygen atoms in total. The Labute approximate surface area is 83.1 Å². The second-order valence-corrected chi connectivity index (χ2v) is 2.48. The van der Waals surface area contributed by atoms with Crippen LogP contribution in [0.2, 0.25) is 0 Å². The molecule has 14 heavy (non-hydrogen) atoms. The molecule has 0 radical (unpaired) electrons. The van der Waals surface area contributed by atoms with E-state index in [0.717, 1.165) is 0 Å². The van der Waals surface area contributed by atoms with Crippen LogP contribution in [0.15, 0.2) is 12.0 Å². The standard InChI is InChI=1S/C9H15NO4/c1-13-8(5-7-11)10-6-3-4-9(12)14-2/h5,7,10H,3-4,6H2,1-2H3/b8-5-. The van der Waals surface area contributed by atoms with Crippen LogP contribution in [-0.4, -0.2) is 33.0 Å². The van der Waals surface area contributed by atoms with Gasteiger partial charge in [-0.3, -0.25) is 9.59 Å². The minimum absolute atomic E-state index is 0.245. The SMILES string of the molecule is COC(=O)CCCN/C(=C/C=O)OC. The first-order valence-corrected chi connectivity index (χ1v) is 4.24. The molecule has 5 heteroatoms. The zero-order valence-electron chi connectivity index (χ0n) is 8.41. The number of allylic oxidation sites excluding steroid dienone is 1. The molecule has 0 bridgehead atoms. The van der Waals surface area contributed by atoms with Crippen LogP contribution in [0.3, 0.4) is 0 Å². The maximum Gasteiger partial charge on any atom is 0.305 e. The lowest BCUT2D eigenvalue weighted by Gasteiger charge is -2.07. The average Bonchev–Trinajstić information content (AvgIpc) is 2.22. The molecule has 0 aliphatic carbocycles. The summed E-state index contributed by atoms with van der Waals surface area (Å²) in [5.41, 5.74) is 0. The van der Waals surface area contributed by atoms with Crippen molar-refractivity contribution >= 4 is 12.3 Å². The van der Waals surface area contributed by atoms with E-state index in [0.29, 0.717) is 31.6 Å². The van der Waals surface area contributed by atoms with E-state index in [2.05, 4.69) is 10.1 Å². The van der Waals surface area contributed by atoms with Crippen LogP contribution in [0.4, 0.5) is 0 Å². The second-order valence-electron chi connectivity index (χ2n) is 2.48. The third-order valence-corrected chi connectivity index (χ3v) is 1.52. The van der Waals surface area contributed by atoms with Crippen molar-refractivity contribution in [3.8, 4) is 0 Å². The van der Waals surface area contributed by atoms with E-state index in [1.165, 1.54) is 20.3 Å². The van der Waals surface area contributed by atoms with E-state index in [-0.39, 0.29) is 5.97 Å². The Bertz CT molecular complexity index is 213. The molecule has 0 aromatic carbocycles. The molecule has 0 saturated heterocycles. The zero-order chi connectivity index (χ0) is 10.8. The van der Waals surface area contributed by atoms with Crippen molar-refractivity contribution < 1.29 is 19.1 Å². The Hall–Kier alpha value is -1.52. The lowest BCUT2D eigenvalue weighted by atomic mass is 10.3. The van der Waals surface area contributed by atoms with Gasteiger partial charge < -0.3 is 14.8 Å². The maximum atomic E-state index is 10.7. The number of methoxy groups -OCH3 is 2. The average molecular weight is 201 g/mol. The van der Waals surface area contributed by atoms with Crippen LogP contribution in [0.1, 0.15) is 12.8 Å². The van der Waals surface area contributed by atoms with Crippen molar-refractivity contribution in [3.63, 3.8) is 0 Å². The summed E-state index contributed by atoms with van der Waals surface area (Å²) in [6, 6.07) is 0. The highest BCUT2D eigenvalue weighted by atomic mass is 16.5. The molecule has 0 aromatic rings. The van der Waals surface area contributed by atoms with Crippen LogP contribution < -0.4 is 5.32 Å². The summed E-state index contributed by atoms with van der Waals surface area (Å²) < 4.78 is 9.29. The highest BCUT2D eigenvalue weighted by Gasteiger charge is 1.99. The van der Waals surface area contributed by atoms with Gasteiger partial charge in [0.25, 0.3) is 0 Å². The first-order chi connectivity index (χ1) is 6.74. The van der Waals surface area contributed by atoms with Crippen LogP contribution in [0.25, 0.3) is 0 Å². The molecule has 80 valence electrons. The normalized spacial score (nSPS) is 10.6. The number of carbonyl (C=O) groups excluding carboxylic acids is 2. The Morgan fingerprint density at radius 1 is 1.36 bits per heavy atom. The Morgan fingerprint density at radius 3 is 2.57 bits per heavy atom. The third-order valence-electron chi connectivity index (χ3n) is 1.52. The number of carbonyl (C=O) groups is 2. The Kier molecular flexibility index (Phi) is 7.22. The monoisotopic (exact) mass is 201 g/mol. The van der Waals surface area contributed by atoms with Crippen molar-refractivity contribution in [3.05, 3.63) is 12.0 Å². The second kappa shape index (κ2) is 8.10. The van der Waals surface area contributed by atoms with Gasteiger partial charge in [-0.05, 0) is 6.42 Å². The van der Waals surface area contributed by atoms with Gasteiger partial charge in [0.15, 0.2) is 5.88 Å². The maximum absolute atomic E-state index is 10.7. The molecule has 0 aliphatic heterocycles. The van der Waals surface area contributed by atoms with Crippen LogP contribution in [0.5, 0.6) is 0 Å². The third kappa shape index (κ3) is 6.05. The summed E-state index contributed by atoms with van der Waals surface area (Å²) in [5.74, 6) is 0.148. The van der Waals surface area contributed by atoms with E-state index < -0.39 is 0 Å². The van der Waals surface area contributed by atoms with E-state index >= 15 is 0 Å². The topological polar surface area (TPSA) is 64.6 Å². The van der Waals surface area contributed by atoms with Crippen LogP contribution >= 0.6 is 0 Å². The number of hydrogen-bond donors (Lipinski definition) is 1. The summed E-state index contributed by atoms with van der Waals surface area (Å²) in [7, 11) is 2.81. The van der Waals surface area contributed by atoms with E-state index in [1.54, 1.807) is 0 Å². The van der Waals surface area contributed by atoms with Gasteiger partial charge in [-0.15, -0.1) is 0 Å². The Balaban J connectivity index is 3.57. The van der Waals surface area contributed by atoms with Gasteiger partial charge in [0, 0.05) is 19.0 Å². The summed E-state index contributed by atoms with van der Waals surface area (Å²) >= 11 is 0. The highest BCUT2D eigenvalue weighted by Crippen LogP contribution is 1.93. The number of hydrogen-bond acceptors (Lipinski definition) is 5. The minimum Gasteiger partial charge on any atom is -0.482 e. The van der Waals surface area contributed by atoms with Gasteiger partial charge in [0.2, 0.25) is 0 Å². The largest absolute Gasteiger partial charge is 0.482 e. The molecular formula is C9H15NO4. The number of aldehydes is 1. The molecule has 0 saturated carbocycles. The molecule has 0 heterocycles. The predicted octanol–water partition coefficient (Wildman–Crippen LogP) is 0.216. The van der Waals surface area contributed by atoms with Gasteiger partial charge in [-0.25, -0.2) is 0 Å².